The normalized spacial score (nSPS) is 15.1. The lowest BCUT2D eigenvalue weighted by Crippen LogP contribution is -2.44. The van der Waals surface area contributed by atoms with E-state index in [0.717, 1.165) is 49.8 Å². The molecule has 4 nitrogen and oxygen atoms in total. The molecule has 1 aromatic heterocycles. The van der Waals surface area contributed by atoms with Crippen LogP contribution in [0.1, 0.15) is 45.7 Å². The van der Waals surface area contributed by atoms with Gasteiger partial charge in [-0.25, -0.2) is 8.78 Å². The minimum atomic E-state index is -0.878. The number of halogens is 2. The quantitative estimate of drug-likeness (QED) is 0.600. The van der Waals surface area contributed by atoms with E-state index in [9.17, 15) is 13.6 Å². The number of benzene rings is 2. The van der Waals surface area contributed by atoms with Crippen LogP contribution in [0.5, 0.6) is 0 Å². The highest BCUT2D eigenvalue weighted by atomic mass is 19.2. The molecule has 0 radical (unpaired) electrons. The highest BCUT2D eigenvalue weighted by molar-refractivity contribution is 5.94. The molecule has 32 heavy (non-hydrogen) atoms. The Hall–Kier alpha value is -2.99. The summed E-state index contributed by atoms with van der Waals surface area (Å²) in [4.78, 5) is 15.6. The van der Waals surface area contributed by atoms with E-state index >= 15 is 0 Å². The van der Waals surface area contributed by atoms with Crippen molar-refractivity contribution >= 4 is 5.91 Å². The van der Waals surface area contributed by atoms with Crippen LogP contribution in [-0.2, 0) is 13.1 Å². The van der Waals surface area contributed by atoms with Gasteiger partial charge in [-0.3, -0.25) is 9.69 Å². The van der Waals surface area contributed by atoms with E-state index in [1.807, 2.05) is 30.5 Å². The molecular formula is C26H29F2N3O. The van der Waals surface area contributed by atoms with Gasteiger partial charge in [-0.2, -0.15) is 0 Å². The average Bonchev–Trinajstić information content (AvgIpc) is 3.05. The molecule has 2 aromatic carbocycles. The van der Waals surface area contributed by atoms with Crippen molar-refractivity contribution in [1.82, 2.24) is 14.8 Å². The van der Waals surface area contributed by atoms with Crippen LogP contribution >= 0.6 is 0 Å². The number of hydrogen-bond donors (Lipinski definition) is 1. The van der Waals surface area contributed by atoms with Crippen molar-refractivity contribution in [1.29, 1.82) is 0 Å². The number of carbonyl (C=O) groups is 1. The highest BCUT2D eigenvalue weighted by Crippen LogP contribution is 2.20. The molecular weight excluding hydrogens is 408 g/mol. The van der Waals surface area contributed by atoms with Gasteiger partial charge >= 0.3 is 0 Å². The van der Waals surface area contributed by atoms with Crippen molar-refractivity contribution in [2.75, 3.05) is 13.1 Å². The van der Waals surface area contributed by atoms with E-state index in [1.165, 1.54) is 11.6 Å². The lowest BCUT2D eigenvalue weighted by Gasteiger charge is -2.32. The summed E-state index contributed by atoms with van der Waals surface area (Å²) >= 11 is 0. The molecule has 0 spiro atoms. The highest BCUT2D eigenvalue weighted by Gasteiger charge is 2.24. The number of aromatic nitrogens is 1. The molecule has 1 saturated heterocycles. The minimum absolute atomic E-state index is 0.111. The summed E-state index contributed by atoms with van der Waals surface area (Å²) in [5.74, 6) is -1.86. The van der Waals surface area contributed by atoms with Crippen LogP contribution in [0, 0.1) is 25.5 Å². The number of piperidine rings is 1. The van der Waals surface area contributed by atoms with Crippen molar-refractivity contribution in [3.63, 3.8) is 0 Å². The average molecular weight is 438 g/mol. The predicted octanol–water partition coefficient (Wildman–Crippen LogP) is 4.83. The summed E-state index contributed by atoms with van der Waals surface area (Å²) in [6, 6.07) is 16.4. The summed E-state index contributed by atoms with van der Waals surface area (Å²) in [6.07, 6.45) is 1.81. The molecule has 0 unspecified atom stereocenters. The Labute approximate surface area is 187 Å². The minimum Gasteiger partial charge on any atom is -0.348 e. The van der Waals surface area contributed by atoms with Crippen LogP contribution in [0.3, 0.4) is 0 Å². The molecule has 2 heterocycles. The number of likely N-dealkylation sites (tertiary alicyclic amines) is 1. The third-order valence-corrected chi connectivity index (χ3v) is 6.21. The fraction of sp³-hybridized carbons (Fsp3) is 0.346. The number of hydrogen-bond acceptors (Lipinski definition) is 2. The molecule has 1 aliphatic rings. The van der Waals surface area contributed by atoms with E-state index < -0.39 is 11.6 Å². The summed E-state index contributed by atoms with van der Waals surface area (Å²) in [5, 5.41) is 3.20. The first-order valence-corrected chi connectivity index (χ1v) is 11.1. The maximum Gasteiger partial charge on any atom is 0.268 e. The Morgan fingerprint density at radius 3 is 2.34 bits per heavy atom. The number of aryl methyl sites for hydroxylation is 2. The van der Waals surface area contributed by atoms with Crippen molar-refractivity contribution in [3.05, 3.63) is 94.3 Å². The van der Waals surface area contributed by atoms with Crippen LogP contribution in [0.4, 0.5) is 8.78 Å². The molecule has 4 rings (SSSR count). The molecule has 3 aromatic rings. The Balaban J connectivity index is 1.40. The smallest absolute Gasteiger partial charge is 0.268 e. The lowest BCUT2D eigenvalue weighted by atomic mass is 10.0. The molecule has 0 bridgehead atoms. The van der Waals surface area contributed by atoms with Crippen LogP contribution in [0.2, 0.25) is 0 Å². The first-order valence-electron chi connectivity index (χ1n) is 11.1. The number of rotatable bonds is 6. The van der Waals surface area contributed by atoms with E-state index in [0.29, 0.717) is 17.8 Å². The third kappa shape index (κ3) is 5.07. The topological polar surface area (TPSA) is 37.3 Å². The molecule has 0 saturated carbocycles. The van der Waals surface area contributed by atoms with Crippen LogP contribution in [0.15, 0.2) is 54.6 Å². The molecule has 1 N–H and O–H groups in total. The van der Waals surface area contributed by atoms with Gasteiger partial charge in [-0.1, -0.05) is 36.4 Å². The summed E-state index contributed by atoms with van der Waals surface area (Å²) < 4.78 is 28.8. The lowest BCUT2D eigenvalue weighted by molar-refractivity contribution is 0.0899. The standard InChI is InChI=1S/C26H29F2N3O/c1-18-14-19(2)31(17-21-8-9-23(27)24(28)15-21)25(18)26(32)29-22-10-12-30(13-11-22)16-20-6-4-3-5-7-20/h3-9,14-15,22H,10-13,16-17H2,1-2H3,(H,29,32). The molecule has 0 aliphatic carbocycles. The largest absolute Gasteiger partial charge is 0.348 e. The van der Waals surface area contributed by atoms with Gasteiger partial charge in [0.1, 0.15) is 5.69 Å². The van der Waals surface area contributed by atoms with Crippen LogP contribution < -0.4 is 5.32 Å². The zero-order chi connectivity index (χ0) is 22.7. The zero-order valence-electron chi connectivity index (χ0n) is 18.6. The molecule has 1 aliphatic heterocycles. The van der Waals surface area contributed by atoms with Crippen molar-refractivity contribution in [3.8, 4) is 0 Å². The summed E-state index contributed by atoms with van der Waals surface area (Å²) in [7, 11) is 0. The fourth-order valence-electron chi connectivity index (χ4n) is 4.51. The van der Waals surface area contributed by atoms with Crippen molar-refractivity contribution < 1.29 is 13.6 Å². The Morgan fingerprint density at radius 1 is 0.938 bits per heavy atom. The van der Waals surface area contributed by atoms with Crippen molar-refractivity contribution in [2.45, 2.75) is 45.8 Å². The second kappa shape index (κ2) is 9.65. The second-order valence-corrected chi connectivity index (χ2v) is 8.66. The van der Waals surface area contributed by atoms with E-state index in [4.69, 9.17) is 0 Å². The molecule has 168 valence electrons. The fourth-order valence-corrected chi connectivity index (χ4v) is 4.51. The maximum absolute atomic E-state index is 13.7. The number of carbonyl (C=O) groups excluding carboxylic acids is 1. The molecule has 6 heteroatoms. The molecule has 0 atom stereocenters. The van der Waals surface area contributed by atoms with Crippen LogP contribution in [-0.4, -0.2) is 34.5 Å². The van der Waals surface area contributed by atoms with Gasteiger partial charge in [0.25, 0.3) is 5.91 Å². The number of nitrogens with zero attached hydrogens (tertiary/aromatic N) is 2. The van der Waals surface area contributed by atoms with Gasteiger partial charge in [-0.15, -0.1) is 0 Å². The van der Waals surface area contributed by atoms with Gasteiger partial charge in [-0.05, 0) is 61.6 Å². The van der Waals surface area contributed by atoms with Crippen molar-refractivity contribution in [2.24, 2.45) is 0 Å². The van der Waals surface area contributed by atoms with Gasteiger partial charge in [0.15, 0.2) is 11.6 Å². The number of nitrogens with one attached hydrogen (secondary N) is 1. The van der Waals surface area contributed by atoms with Crippen LogP contribution in [0.25, 0.3) is 0 Å². The first kappa shape index (κ1) is 22.2. The summed E-state index contributed by atoms with van der Waals surface area (Å²) in [6.45, 7) is 6.95. The maximum atomic E-state index is 13.7. The molecule has 1 amide bonds. The Morgan fingerprint density at radius 2 is 1.66 bits per heavy atom. The SMILES string of the molecule is Cc1cc(C)n(Cc2ccc(F)c(F)c2)c1C(=O)NC1CCN(Cc2ccccc2)CC1. The zero-order valence-corrected chi connectivity index (χ0v) is 18.6. The Bertz CT molecular complexity index is 1090. The monoisotopic (exact) mass is 437 g/mol. The van der Waals surface area contributed by atoms with Gasteiger partial charge in [0.2, 0.25) is 0 Å². The van der Waals surface area contributed by atoms with Gasteiger partial charge < -0.3 is 9.88 Å². The van der Waals surface area contributed by atoms with E-state index in [1.54, 1.807) is 6.07 Å². The summed E-state index contributed by atoms with van der Waals surface area (Å²) in [5.41, 5.74) is 4.29. The first-order chi connectivity index (χ1) is 15.4. The predicted molar refractivity (Wildman–Crippen MR) is 122 cm³/mol. The Kier molecular flexibility index (Phi) is 6.70. The van der Waals surface area contributed by atoms with E-state index in [-0.39, 0.29) is 11.9 Å². The number of amides is 1. The van der Waals surface area contributed by atoms with Gasteiger partial charge in [0.05, 0.1) is 0 Å². The molecule has 1 fully saturated rings. The van der Waals surface area contributed by atoms with E-state index in [2.05, 4.69) is 34.5 Å². The van der Waals surface area contributed by atoms with Gasteiger partial charge in [0, 0.05) is 37.9 Å². The second-order valence-electron chi connectivity index (χ2n) is 8.66. The third-order valence-electron chi connectivity index (χ3n) is 6.21.